The molecule has 0 bridgehead atoms. The largest absolute Gasteiger partial charge is 0.335 e. The van der Waals surface area contributed by atoms with E-state index in [4.69, 9.17) is 5.26 Å². The summed E-state index contributed by atoms with van der Waals surface area (Å²) in [5, 5.41) is 11.4. The number of nitriles is 1. The Morgan fingerprint density at radius 1 is 1.26 bits per heavy atom. The van der Waals surface area contributed by atoms with Crippen LogP contribution >= 0.6 is 0 Å². The van der Waals surface area contributed by atoms with Crippen LogP contribution < -0.4 is 5.32 Å². The number of benzene rings is 1. The van der Waals surface area contributed by atoms with Crippen LogP contribution in [0.2, 0.25) is 0 Å². The van der Waals surface area contributed by atoms with Crippen molar-refractivity contribution in [2.45, 2.75) is 4.90 Å². The molecule has 0 aliphatic carbocycles. The Morgan fingerprint density at radius 2 is 1.87 bits per heavy atom. The first kappa shape index (κ1) is 17.0. The number of carbonyl (C=O) groups is 1. The van der Waals surface area contributed by atoms with Gasteiger partial charge in [-0.3, -0.25) is 0 Å². The summed E-state index contributed by atoms with van der Waals surface area (Å²) >= 11 is 0. The molecule has 2 amide bonds. The second kappa shape index (κ2) is 7.26. The van der Waals surface area contributed by atoms with E-state index in [1.165, 1.54) is 28.6 Å². The maximum absolute atomic E-state index is 12.5. The van der Waals surface area contributed by atoms with Crippen molar-refractivity contribution in [3.8, 4) is 6.07 Å². The van der Waals surface area contributed by atoms with Gasteiger partial charge in [-0.15, -0.1) is 6.58 Å². The molecule has 0 aromatic heterocycles. The number of nitrogens with zero attached hydrogens (tertiary/aromatic N) is 3. The average molecular weight is 334 g/mol. The molecule has 0 spiro atoms. The van der Waals surface area contributed by atoms with Gasteiger partial charge in [0.05, 0.1) is 16.5 Å². The fourth-order valence-electron chi connectivity index (χ4n) is 2.25. The van der Waals surface area contributed by atoms with Gasteiger partial charge >= 0.3 is 6.03 Å². The number of nitrogens with one attached hydrogen (secondary N) is 1. The monoisotopic (exact) mass is 334 g/mol. The highest BCUT2D eigenvalue weighted by Gasteiger charge is 2.29. The van der Waals surface area contributed by atoms with Crippen LogP contribution in [0.3, 0.4) is 0 Å². The van der Waals surface area contributed by atoms with Gasteiger partial charge in [-0.05, 0) is 24.3 Å². The molecule has 0 atom stereocenters. The van der Waals surface area contributed by atoms with Gasteiger partial charge in [0.1, 0.15) is 0 Å². The van der Waals surface area contributed by atoms with Gasteiger partial charge in [-0.1, -0.05) is 6.08 Å². The third-order valence-corrected chi connectivity index (χ3v) is 5.46. The van der Waals surface area contributed by atoms with Crippen molar-refractivity contribution < 1.29 is 13.2 Å². The van der Waals surface area contributed by atoms with Crippen molar-refractivity contribution in [2.24, 2.45) is 0 Å². The summed E-state index contributed by atoms with van der Waals surface area (Å²) in [5.41, 5.74) is 0.410. The molecule has 0 unspecified atom stereocenters. The Kier molecular flexibility index (Phi) is 5.36. The normalized spacial score (nSPS) is 15.7. The van der Waals surface area contributed by atoms with Crippen molar-refractivity contribution in [3.05, 3.63) is 42.5 Å². The maximum atomic E-state index is 12.5. The van der Waals surface area contributed by atoms with E-state index in [-0.39, 0.29) is 24.0 Å². The lowest BCUT2D eigenvalue weighted by atomic mass is 10.2. The van der Waals surface area contributed by atoms with Gasteiger partial charge in [-0.25, -0.2) is 13.2 Å². The maximum Gasteiger partial charge on any atom is 0.317 e. The zero-order valence-electron chi connectivity index (χ0n) is 12.6. The third kappa shape index (κ3) is 3.88. The molecule has 1 fully saturated rings. The fourth-order valence-corrected chi connectivity index (χ4v) is 3.68. The molecular weight excluding hydrogens is 316 g/mol. The van der Waals surface area contributed by atoms with Crippen LogP contribution in [0.25, 0.3) is 0 Å². The third-order valence-electron chi connectivity index (χ3n) is 3.54. The van der Waals surface area contributed by atoms with Crippen LogP contribution in [0.5, 0.6) is 0 Å². The predicted molar refractivity (Wildman–Crippen MR) is 85.1 cm³/mol. The predicted octanol–water partition coefficient (Wildman–Crippen LogP) is 0.760. The second-order valence-corrected chi connectivity index (χ2v) is 6.94. The molecule has 122 valence electrons. The van der Waals surface area contributed by atoms with Crippen LogP contribution in [0.4, 0.5) is 4.79 Å². The molecule has 0 radical (unpaired) electrons. The Bertz CT molecular complexity index is 714. The molecule has 1 aliphatic rings. The number of sulfonamides is 1. The lowest BCUT2D eigenvalue weighted by Gasteiger charge is -2.33. The first-order valence-corrected chi connectivity index (χ1v) is 8.57. The van der Waals surface area contributed by atoms with E-state index in [1.54, 1.807) is 11.0 Å². The van der Waals surface area contributed by atoms with E-state index in [0.29, 0.717) is 25.2 Å². The molecule has 1 heterocycles. The van der Waals surface area contributed by atoms with Gasteiger partial charge in [0.25, 0.3) is 0 Å². The number of carbonyl (C=O) groups excluding carboxylic acids is 1. The van der Waals surface area contributed by atoms with E-state index in [9.17, 15) is 13.2 Å². The van der Waals surface area contributed by atoms with Gasteiger partial charge in [0.15, 0.2) is 0 Å². The summed E-state index contributed by atoms with van der Waals surface area (Å²) in [6.07, 6.45) is 1.59. The molecule has 1 aromatic rings. The van der Waals surface area contributed by atoms with Crippen LogP contribution in [0, 0.1) is 11.3 Å². The summed E-state index contributed by atoms with van der Waals surface area (Å²) in [6, 6.07) is 7.54. The first-order chi connectivity index (χ1) is 11.0. The molecule has 23 heavy (non-hydrogen) atoms. The smallest absolute Gasteiger partial charge is 0.317 e. The molecule has 7 nitrogen and oxygen atoms in total. The van der Waals surface area contributed by atoms with E-state index >= 15 is 0 Å². The van der Waals surface area contributed by atoms with Crippen molar-refractivity contribution in [1.82, 2.24) is 14.5 Å². The van der Waals surface area contributed by atoms with E-state index in [2.05, 4.69) is 11.9 Å². The summed E-state index contributed by atoms with van der Waals surface area (Å²) in [6.45, 7) is 5.05. The molecule has 8 heteroatoms. The molecule has 2 rings (SSSR count). The molecule has 1 aliphatic heterocycles. The number of piperazine rings is 1. The second-order valence-electron chi connectivity index (χ2n) is 5.00. The topological polar surface area (TPSA) is 93.5 Å². The lowest BCUT2D eigenvalue weighted by molar-refractivity contribution is 0.173. The molecule has 1 N–H and O–H groups in total. The number of hydrogen-bond donors (Lipinski definition) is 1. The Hall–Kier alpha value is -2.37. The van der Waals surface area contributed by atoms with E-state index in [1.807, 2.05) is 6.07 Å². The summed E-state index contributed by atoms with van der Waals surface area (Å²) < 4.78 is 26.4. The zero-order chi connectivity index (χ0) is 16.9. The minimum Gasteiger partial charge on any atom is -0.335 e. The minimum absolute atomic E-state index is 0.154. The zero-order valence-corrected chi connectivity index (χ0v) is 13.4. The lowest BCUT2D eigenvalue weighted by Crippen LogP contribution is -2.53. The fraction of sp³-hybridized carbons (Fsp3) is 0.333. The van der Waals surface area contributed by atoms with Crippen LogP contribution in [-0.2, 0) is 10.0 Å². The number of hydrogen-bond acceptors (Lipinski definition) is 4. The highest BCUT2D eigenvalue weighted by Crippen LogP contribution is 2.18. The van der Waals surface area contributed by atoms with Gasteiger partial charge in [0, 0.05) is 32.7 Å². The van der Waals surface area contributed by atoms with Crippen molar-refractivity contribution in [3.63, 3.8) is 0 Å². The molecule has 0 saturated carbocycles. The Labute approximate surface area is 135 Å². The SMILES string of the molecule is C=CCNC(=O)N1CCN(S(=O)(=O)c2ccc(C#N)cc2)CC1. The highest BCUT2D eigenvalue weighted by atomic mass is 32.2. The average Bonchev–Trinajstić information content (AvgIpc) is 2.59. The van der Waals surface area contributed by atoms with Crippen LogP contribution in [0.1, 0.15) is 5.56 Å². The van der Waals surface area contributed by atoms with E-state index in [0.717, 1.165) is 0 Å². The van der Waals surface area contributed by atoms with Crippen LogP contribution in [0.15, 0.2) is 41.8 Å². The van der Waals surface area contributed by atoms with Crippen molar-refractivity contribution in [2.75, 3.05) is 32.7 Å². The quantitative estimate of drug-likeness (QED) is 0.823. The highest BCUT2D eigenvalue weighted by molar-refractivity contribution is 7.89. The van der Waals surface area contributed by atoms with Gasteiger partial charge in [0.2, 0.25) is 10.0 Å². The van der Waals surface area contributed by atoms with Crippen molar-refractivity contribution >= 4 is 16.1 Å². The van der Waals surface area contributed by atoms with Gasteiger partial charge in [-0.2, -0.15) is 9.57 Å². The molecule has 1 saturated heterocycles. The standard InChI is InChI=1S/C15H18N4O3S/c1-2-7-17-15(20)18-8-10-19(11-9-18)23(21,22)14-5-3-13(12-16)4-6-14/h2-6H,1,7-11H2,(H,17,20). The summed E-state index contributed by atoms with van der Waals surface area (Å²) in [4.78, 5) is 13.6. The molecule has 1 aromatic carbocycles. The Balaban J connectivity index is 2.02. The minimum atomic E-state index is -3.60. The number of urea groups is 1. The number of rotatable bonds is 4. The first-order valence-electron chi connectivity index (χ1n) is 7.13. The van der Waals surface area contributed by atoms with Crippen LogP contribution in [-0.4, -0.2) is 56.4 Å². The summed E-state index contributed by atoms with van der Waals surface area (Å²) in [7, 11) is -3.60. The summed E-state index contributed by atoms with van der Waals surface area (Å²) in [5.74, 6) is 0. The Morgan fingerprint density at radius 3 is 2.39 bits per heavy atom. The van der Waals surface area contributed by atoms with Gasteiger partial charge < -0.3 is 10.2 Å². The molecular formula is C15H18N4O3S. The van der Waals surface area contributed by atoms with E-state index < -0.39 is 10.0 Å². The van der Waals surface area contributed by atoms with Crippen molar-refractivity contribution in [1.29, 1.82) is 5.26 Å². The number of amides is 2.